The maximum absolute atomic E-state index is 12.6. The van der Waals surface area contributed by atoms with Gasteiger partial charge in [0.1, 0.15) is 18.1 Å². The van der Waals surface area contributed by atoms with Crippen molar-refractivity contribution >= 4 is 11.6 Å². The standard InChI is InChI=1S/C16H12O5/c17-7-8-21-12-6-2-4-10-14(12)16(20)13-9(15(10)19)3-1-5-11(13)18/h1-6,17-18H,7-8H2. The van der Waals surface area contributed by atoms with Gasteiger partial charge in [-0.2, -0.15) is 0 Å². The Balaban J connectivity index is 2.21. The van der Waals surface area contributed by atoms with E-state index in [0.717, 1.165) is 0 Å². The van der Waals surface area contributed by atoms with Gasteiger partial charge in [-0.3, -0.25) is 9.59 Å². The fourth-order valence-corrected chi connectivity index (χ4v) is 2.47. The number of ether oxygens (including phenoxy) is 1. The summed E-state index contributed by atoms with van der Waals surface area (Å²) in [7, 11) is 0. The number of ketones is 2. The number of phenols is 1. The van der Waals surface area contributed by atoms with Gasteiger partial charge in [0.05, 0.1) is 17.7 Å². The van der Waals surface area contributed by atoms with Crippen LogP contribution >= 0.6 is 0 Å². The number of carbonyl (C=O) groups excluding carboxylic acids is 2. The monoisotopic (exact) mass is 284 g/mol. The number of benzene rings is 2. The highest BCUT2D eigenvalue weighted by atomic mass is 16.5. The average Bonchev–Trinajstić information content (AvgIpc) is 2.50. The predicted octanol–water partition coefficient (Wildman–Crippen LogP) is 1.54. The Labute approximate surface area is 120 Å². The van der Waals surface area contributed by atoms with Crippen LogP contribution in [0.15, 0.2) is 36.4 Å². The maximum Gasteiger partial charge on any atom is 0.201 e. The minimum atomic E-state index is -0.453. The number of aliphatic hydroxyl groups excluding tert-OH is 1. The van der Waals surface area contributed by atoms with Crippen molar-refractivity contribution in [3.8, 4) is 11.5 Å². The van der Waals surface area contributed by atoms with E-state index in [2.05, 4.69) is 0 Å². The molecule has 0 atom stereocenters. The largest absolute Gasteiger partial charge is 0.507 e. The summed E-state index contributed by atoms with van der Waals surface area (Å²) in [4.78, 5) is 25.1. The maximum atomic E-state index is 12.6. The van der Waals surface area contributed by atoms with Crippen molar-refractivity contribution < 1.29 is 24.5 Å². The van der Waals surface area contributed by atoms with Gasteiger partial charge in [-0.1, -0.05) is 24.3 Å². The van der Waals surface area contributed by atoms with Crippen LogP contribution in [0.1, 0.15) is 31.8 Å². The number of hydrogen-bond donors (Lipinski definition) is 2. The summed E-state index contributed by atoms with van der Waals surface area (Å²) in [6, 6.07) is 9.13. The second-order valence-electron chi connectivity index (χ2n) is 4.61. The van der Waals surface area contributed by atoms with Crippen molar-refractivity contribution in [2.24, 2.45) is 0 Å². The van der Waals surface area contributed by atoms with E-state index < -0.39 is 5.78 Å². The van der Waals surface area contributed by atoms with E-state index in [1.807, 2.05) is 0 Å². The van der Waals surface area contributed by atoms with Crippen LogP contribution in [0.3, 0.4) is 0 Å². The summed E-state index contributed by atoms with van der Waals surface area (Å²) in [6.45, 7) is -0.181. The third-order valence-electron chi connectivity index (χ3n) is 3.36. The predicted molar refractivity (Wildman–Crippen MR) is 74.0 cm³/mol. The molecule has 21 heavy (non-hydrogen) atoms. The first-order chi connectivity index (χ1) is 10.1. The Hall–Kier alpha value is -2.66. The second-order valence-corrected chi connectivity index (χ2v) is 4.61. The van der Waals surface area contributed by atoms with Crippen LogP contribution in [0, 0.1) is 0 Å². The van der Waals surface area contributed by atoms with Crippen molar-refractivity contribution in [1.29, 1.82) is 0 Å². The molecular formula is C16H12O5. The summed E-state index contributed by atoms with van der Waals surface area (Å²) in [5, 5.41) is 18.7. The van der Waals surface area contributed by atoms with Crippen molar-refractivity contribution in [2.45, 2.75) is 0 Å². The van der Waals surface area contributed by atoms with Gasteiger partial charge >= 0.3 is 0 Å². The quantitative estimate of drug-likeness (QED) is 0.762. The molecule has 0 heterocycles. The summed E-state index contributed by atoms with van der Waals surface area (Å²) in [5.41, 5.74) is 0.556. The van der Waals surface area contributed by atoms with Crippen LogP contribution in [-0.4, -0.2) is 35.0 Å². The van der Waals surface area contributed by atoms with Crippen LogP contribution in [0.25, 0.3) is 0 Å². The van der Waals surface area contributed by atoms with Crippen molar-refractivity contribution in [2.75, 3.05) is 13.2 Å². The first kappa shape index (κ1) is 13.3. The van der Waals surface area contributed by atoms with Crippen molar-refractivity contribution in [3.05, 3.63) is 58.7 Å². The molecule has 106 valence electrons. The Kier molecular flexibility index (Phi) is 3.19. The third kappa shape index (κ3) is 1.98. The SMILES string of the molecule is O=C1c2cccc(O)c2C(=O)c2c(OCCO)cccc21. The van der Waals surface area contributed by atoms with E-state index in [4.69, 9.17) is 9.84 Å². The summed E-state index contributed by atoms with van der Waals surface area (Å²) in [6.07, 6.45) is 0. The van der Waals surface area contributed by atoms with Gasteiger partial charge in [-0.15, -0.1) is 0 Å². The number of carbonyl (C=O) groups is 2. The van der Waals surface area contributed by atoms with Gasteiger partial charge in [0.25, 0.3) is 0 Å². The molecule has 5 nitrogen and oxygen atoms in total. The van der Waals surface area contributed by atoms with E-state index >= 15 is 0 Å². The number of phenolic OH excluding ortho intramolecular Hbond substituents is 1. The molecule has 0 radical (unpaired) electrons. The molecule has 2 N–H and O–H groups in total. The molecule has 2 aromatic rings. The molecule has 0 amide bonds. The molecule has 1 aliphatic carbocycles. The minimum Gasteiger partial charge on any atom is -0.507 e. The van der Waals surface area contributed by atoms with E-state index in [1.54, 1.807) is 18.2 Å². The highest BCUT2D eigenvalue weighted by molar-refractivity contribution is 6.30. The van der Waals surface area contributed by atoms with Crippen molar-refractivity contribution in [1.82, 2.24) is 0 Å². The molecule has 0 spiro atoms. The van der Waals surface area contributed by atoms with Gasteiger partial charge in [0, 0.05) is 11.1 Å². The molecule has 0 fully saturated rings. The molecule has 3 rings (SSSR count). The number of hydrogen-bond acceptors (Lipinski definition) is 5. The smallest absolute Gasteiger partial charge is 0.201 e. The van der Waals surface area contributed by atoms with Gasteiger partial charge in [0.2, 0.25) is 5.78 Å². The lowest BCUT2D eigenvalue weighted by molar-refractivity contribution is 0.0972. The first-order valence-corrected chi connectivity index (χ1v) is 6.43. The van der Waals surface area contributed by atoms with Gasteiger partial charge in [-0.25, -0.2) is 0 Å². The Morgan fingerprint density at radius 3 is 2.29 bits per heavy atom. The molecular weight excluding hydrogens is 272 g/mol. The number of rotatable bonds is 3. The summed E-state index contributed by atoms with van der Waals surface area (Å²) in [5.74, 6) is -0.779. The number of fused-ring (bicyclic) bond motifs is 2. The average molecular weight is 284 g/mol. The lowest BCUT2D eigenvalue weighted by atomic mass is 9.83. The Bertz CT molecular complexity index is 748. The zero-order valence-electron chi connectivity index (χ0n) is 11.0. The lowest BCUT2D eigenvalue weighted by Crippen LogP contribution is -2.22. The minimum absolute atomic E-state index is 0.00458. The molecule has 0 saturated heterocycles. The Morgan fingerprint density at radius 2 is 1.57 bits per heavy atom. The van der Waals surface area contributed by atoms with E-state index in [1.165, 1.54) is 18.2 Å². The Morgan fingerprint density at radius 1 is 0.905 bits per heavy atom. The highest BCUT2D eigenvalue weighted by Crippen LogP contribution is 2.36. The van der Waals surface area contributed by atoms with Crippen LogP contribution in [0.4, 0.5) is 0 Å². The van der Waals surface area contributed by atoms with Crippen molar-refractivity contribution in [3.63, 3.8) is 0 Å². The zero-order valence-corrected chi connectivity index (χ0v) is 11.0. The molecule has 0 aliphatic heterocycles. The second kappa shape index (κ2) is 5.03. The van der Waals surface area contributed by atoms with Crippen LogP contribution in [0.5, 0.6) is 11.5 Å². The van der Waals surface area contributed by atoms with Crippen LogP contribution in [0.2, 0.25) is 0 Å². The number of aliphatic hydroxyl groups is 1. The fourth-order valence-electron chi connectivity index (χ4n) is 2.47. The van der Waals surface area contributed by atoms with Gasteiger partial charge in [-0.05, 0) is 12.1 Å². The molecule has 5 heteroatoms. The van der Waals surface area contributed by atoms with Gasteiger partial charge in [0.15, 0.2) is 5.78 Å². The molecule has 2 aromatic carbocycles. The summed E-state index contributed by atoms with van der Waals surface area (Å²) >= 11 is 0. The zero-order chi connectivity index (χ0) is 15.0. The van der Waals surface area contributed by atoms with E-state index in [0.29, 0.717) is 0 Å². The molecule has 0 aromatic heterocycles. The molecule has 0 bridgehead atoms. The molecule has 1 aliphatic rings. The van der Waals surface area contributed by atoms with Gasteiger partial charge < -0.3 is 14.9 Å². The van der Waals surface area contributed by atoms with Crippen LogP contribution < -0.4 is 4.74 Å². The first-order valence-electron chi connectivity index (χ1n) is 6.43. The van der Waals surface area contributed by atoms with E-state index in [-0.39, 0.29) is 52.7 Å². The molecule has 0 unspecified atom stereocenters. The normalized spacial score (nSPS) is 12.8. The molecule has 0 saturated carbocycles. The lowest BCUT2D eigenvalue weighted by Gasteiger charge is -2.20. The third-order valence-corrected chi connectivity index (χ3v) is 3.36. The fraction of sp³-hybridized carbons (Fsp3) is 0.125. The number of aromatic hydroxyl groups is 1. The topological polar surface area (TPSA) is 83.8 Å². The highest BCUT2D eigenvalue weighted by Gasteiger charge is 2.34. The summed E-state index contributed by atoms with van der Waals surface area (Å²) < 4.78 is 5.32. The van der Waals surface area contributed by atoms with Crippen LogP contribution in [-0.2, 0) is 0 Å². The van der Waals surface area contributed by atoms with E-state index in [9.17, 15) is 14.7 Å².